The molecule has 23 heavy (non-hydrogen) atoms. The minimum absolute atomic E-state index is 0.0268. The number of nitrogens with one attached hydrogen (secondary N) is 2. The number of carbonyl (C=O) groups is 1. The van der Waals surface area contributed by atoms with Crippen molar-refractivity contribution in [2.45, 2.75) is 37.6 Å². The number of hydrogen-bond acceptors (Lipinski definition) is 3. The van der Waals surface area contributed by atoms with Gasteiger partial charge in [0.25, 0.3) is 11.5 Å². The highest BCUT2D eigenvalue weighted by Gasteiger charge is 2.24. The Morgan fingerprint density at radius 2 is 1.78 bits per heavy atom. The van der Waals surface area contributed by atoms with E-state index in [1.807, 2.05) is 6.07 Å². The van der Waals surface area contributed by atoms with Crippen molar-refractivity contribution >= 4 is 5.91 Å². The minimum Gasteiger partial charge on any atom is -0.502 e. The van der Waals surface area contributed by atoms with Crippen molar-refractivity contribution < 1.29 is 9.90 Å². The highest BCUT2D eigenvalue weighted by atomic mass is 16.3. The smallest absolute Gasteiger partial charge is 0.290 e. The van der Waals surface area contributed by atoms with Crippen molar-refractivity contribution in [3.63, 3.8) is 0 Å². The molecule has 1 aromatic heterocycles. The molecule has 1 fully saturated rings. The lowest BCUT2D eigenvalue weighted by Gasteiger charge is -2.29. The van der Waals surface area contributed by atoms with E-state index in [0.717, 1.165) is 25.7 Å². The van der Waals surface area contributed by atoms with Gasteiger partial charge in [0.05, 0.1) is 5.56 Å². The van der Waals surface area contributed by atoms with Crippen LogP contribution in [0.1, 0.15) is 47.5 Å². The predicted molar refractivity (Wildman–Crippen MR) is 87.6 cm³/mol. The fourth-order valence-corrected chi connectivity index (χ4v) is 3.21. The van der Waals surface area contributed by atoms with Crippen LogP contribution in [0.25, 0.3) is 0 Å². The first-order chi connectivity index (χ1) is 11.1. The van der Waals surface area contributed by atoms with E-state index >= 15 is 0 Å². The van der Waals surface area contributed by atoms with Gasteiger partial charge in [-0.15, -0.1) is 0 Å². The second kappa shape index (κ2) is 6.69. The number of pyridine rings is 1. The molecule has 1 aliphatic rings. The summed E-state index contributed by atoms with van der Waals surface area (Å²) in [5.74, 6) is -0.378. The lowest BCUT2D eigenvalue weighted by atomic mass is 9.82. The molecular weight excluding hydrogens is 292 g/mol. The predicted octanol–water partition coefficient (Wildman–Crippen LogP) is 2.54. The van der Waals surface area contributed by atoms with Crippen LogP contribution in [0.3, 0.4) is 0 Å². The highest BCUT2D eigenvalue weighted by Crippen LogP contribution is 2.32. The molecule has 0 saturated heterocycles. The molecule has 1 saturated carbocycles. The van der Waals surface area contributed by atoms with Crippen LogP contribution >= 0.6 is 0 Å². The first-order valence-electron chi connectivity index (χ1n) is 7.91. The number of rotatable bonds is 3. The Kier molecular flexibility index (Phi) is 4.46. The number of aromatic hydroxyl groups is 1. The maximum absolute atomic E-state index is 12.2. The third-order valence-electron chi connectivity index (χ3n) is 4.51. The summed E-state index contributed by atoms with van der Waals surface area (Å²) in [6.45, 7) is 0. The molecule has 120 valence electrons. The molecule has 0 radical (unpaired) electrons. The van der Waals surface area contributed by atoms with Gasteiger partial charge in [0.1, 0.15) is 0 Å². The SMILES string of the molecule is O=C(NC1CCC(c2ccccc2)CC1)c1cc[nH]c(=O)c1O. The summed E-state index contributed by atoms with van der Waals surface area (Å²) in [4.78, 5) is 25.9. The second-order valence-corrected chi connectivity index (χ2v) is 6.00. The second-order valence-electron chi connectivity index (χ2n) is 6.00. The Bertz CT molecular complexity index is 731. The summed E-state index contributed by atoms with van der Waals surface area (Å²) in [5.41, 5.74) is 0.730. The van der Waals surface area contributed by atoms with Crippen LogP contribution in [-0.4, -0.2) is 22.0 Å². The van der Waals surface area contributed by atoms with Gasteiger partial charge in [-0.25, -0.2) is 0 Å². The van der Waals surface area contributed by atoms with Crippen LogP contribution < -0.4 is 10.9 Å². The van der Waals surface area contributed by atoms with Crippen molar-refractivity contribution in [2.75, 3.05) is 0 Å². The van der Waals surface area contributed by atoms with Gasteiger partial charge in [-0.2, -0.15) is 0 Å². The summed E-state index contributed by atoms with van der Waals surface area (Å²) >= 11 is 0. The number of aromatic amines is 1. The minimum atomic E-state index is -0.648. The van der Waals surface area contributed by atoms with Crippen molar-refractivity contribution in [3.8, 4) is 5.75 Å². The van der Waals surface area contributed by atoms with E-state index in [1.165, 1.54) is 17.8 Å². The Morgan fingerprint density at radius 3 is 2.48 bits per heavy atom. The Balaban J connectivity index is 1.59. The normalized spacial score (nSPS) is 20.9. The van der Waals surface area contributed by atoms with Gasteiger partial charge in [-0.1, -0.05) is 30.3 Å². The first-order valence-corrected chi connectivity index (χ1v) is 7.91. The van der Waals surface area contributed by atoms with E-state index in [9.17, 15) is 14.7 Å². The number of benzene rings is 1. The van der Waals surface area contributed by atoms with Crippen molar-refractivity contribution in [1.82, 2.24) is 10.3 Å². The van der Waals surface area contributed by atoms with E-state index < -0.39 is 17.2 Å². The molecule has 5 heteroatoms. The monoisotopic (exact) mass is 312 g/mol. The standard InChI is InChI=1S/C18H20N2O3/c21-16-15(10-11-19-18(16)23)17(22)20-14-8-6-13(7-9-14)12-4-2-1-3-5-12/h1-5,10-11,13-14,21H,6-9H2,(H,19,23)(H,20,22). The summed E-state index contributed by atoms with van der Waals surface area (Å²) in [6.07, 6.45) is 5.21. The van der Waals surface area contributed by atoms with Crippen LogP contribution in [0.5, 0.6) is 5.75 Å². The Labute approximate surface area is 134 Å². The highest BCUT2D eigenvalue weighted by molar-refractivity contribution is 5.96. The zero-order chi connectivity index (χ0) is 16.2. The van der Waals surface area contributed by atoms with Crippen LogP contribution in [-0.2, 0) is 0 Å². The number of hydrogen-bond donors (Lipinski definition) is 3. The zero-order valence-corrected chi connectivity index (χ0v) is 12.8. The average molecular weight is 312 g/mol. The molecule has 0 unspecified atom stereocenters. The maximum Gasteiger partial charge on any atom is 0.290 e. The first kappa shape index (κ1) is 15.3. The Morgan fingerprint density at radius 1 is 1.09 bits per heavy atom. The fourth-order valence-electron chi connectivity index (χ4n) is 3.21. The molecule has 3 rings (SSSR count). The van der Waals surface area contributed by atoms with E-state index in [0.29, 0.717) is 5.92 Å². The summed E-state index contributed by atoms with van der Waals surface area (Å²) in [6, 6.07) is 11.9. The fraction of sp³-hybridized carbons (Fsp3) is 0.333. The average Bonchev–Trinajstić information content (AvgIpc) is 2.59. The molecule has 2 aromatic rings. The van der Waals surface area contributed by atoms with Gasteiger partial charge in [-0.05, 0) is 43.2 Å². The molecule has 1 heterocycles. The van der Waals surface area contributed by atoms with Gasteiger partial charge in [0.15, 0.2) is 5.75 Å². The maximum atomic E-state index is 12.2. The molecular formula is C18H20N2O3. The van der Waals surface area contributed by atoms with Crippen LogP contribution in [0, 0.1) is 0 Å². The van der Waals surface area contributed by atoms with Crippen molar-refractivity contribution in [3.05, 3.63) is 64.1 Å². The van der Waals surface area contributed by atoms with Gasteiger partial charge in [0.2, 0.25) is 0 Å². The molecule has 0 aliphatic heterocycles. The number of aromatic nitrogens is 1. The molecule has 5 nitrogen and oxygen atoms in total. The lowest BCUT2D eigenvalue weighted by Crippen LogP contribution is -2.37. The summed E-state index contributed by atoms with van der Waals surface area (Å²) < 4.78 is 0. The van der Waals surface area contributed by atoms with Crippen molar-refractivity contribution in [1.29, 1.82) is 0 Å². The largest absolute Gasteiger partial charge is 0.502 e. The third-order valence-corrected chi connectivity index (χ3v) is 4.51. The van der Waals surface area contributed by atoms with Crippen LogP contribution in [0.2, 0.25) is 0 Å². The Hall–Kier alpha value is -2.56. The van der Waals surface area contributed by atoms with E-state index in [-0.39, 0.29) is 11.6 Å². The number of H-pyrrole nitrogens is 1. The van der Waals surface area contributed by atoms with Crippen LogP contribution in [0.4, 0.5) is 0 Å². The molecule has 1 aromatic carbocycles. The van der Waals surface area contributed by atoms with Gasteiger partial charge >= 0.3 is 0 Å². The van der Waals surface area contributed by atoms with Gasteiger partial charge < -0.3 is 15.4 Å². The molecule has 1 amide bonds. The number of carbonyl (C=O) groups excluding carboxylic acids is 1. The molecule has 0 spiro atoms. The topological polar surface area (TPSA) is 82.2 Å². The van der Waals surface area contributed by atoms with Gasteiger partial charge in [0, 0.05) is 12.2 Å². The van der Waals surface area contributed by atoms with Gasteiger partial charge in [-0.3, -0.25) is 9.59 Å². The molecule has 1 aliphatic carbocycles. The third kappa shape index (κ3) is 3.44. The lowest BCUT2D eigenvalue weighted by molar-refractivity contribution is 0.0922. The molecule has 3 N–H and O–H groups in total. The van der Waals surface area contributed by atoms with Crippen molar-refractivity contribution in [2.24, 2.45) is 0 Å². The quantitative estimate of drug-likeness (QED) is 0.814. The van der Waals surface area contributed by atoms with Crippen LogP contribution in [0.15, 0.2) is 47.4 Å². The summed E-state index contributed by atoms with van der Waals surface area (Å²) in [5, 5.41) is 12.6. The van der Waals surface area contributed by atoms with E-state index in [4.69, 9.17) is 0 Å². The number of amides is 1. The van der Waals surface area contributed by atoms with E-state index in [2.05, 4.69) is 34.6 Å². The molecule has 0 bridgehead atoms. The van der Waals surface area contributed by atoms with E-state index in [1.54, 1.807) is 0 Å². The molecule has 0 atom stereocenters. The summed E-state index contributed by atoms with van der Waals surface area (Å²) in [7, 11) is 0. The zero-order valence-electron chi connectivity index (χ0n) is 12.8.